The lowest BCUT2D eigenvalue weighted by Crippen LogP contribution is -2.34. The van der Waals surface area contributed by atoms with E-state index in [0.717, 1.165) is 19.3 Å². The van der Waals surface area contributed by atoms with E-state index in [-0.39, 0.29) is 11.3 Å². The van der Waals surface area contributed by atoms with Crippen LogP contribution in [0, 0.1) is 5.41 Å². The molecular formula is C11H22ClNO. The molecule has 0 heterocycles. The Morgan fingerprint density at radius 2 is 2.00 bits per heavy atom. The number of hydrogen-bond donors (Lipinski definition) is 1. The van der Waals surface area contributed by atoms with Gasteiger partial charge in [0.05, 0.1) is 0 Å². The smallest absolute Gasteiger partial charge is 0.220 e. The van der Waals surface area contributed by atoms with E-state index in [2.05, 4.69) is 12.2 Å². The van der Waals surface area contributed by atoms with Crippen molar-refractivity contribution in [3.8, 4) is 0 Å². The third-order valence-electron chi connectivity index (χ3n) is 2.13. The summed E-state index contributed by atoms with van der Waals surface area (Å²) in [6.07, 6.45) is 3.92. The number of carbonyl (C=O) groups excluding carboxylic acids is 1. The van der Waals surface area contributed by atoms with Crippen molar-refractivity contribution < 1.29 is 4.79 Å². The molecule has 0 spiro atoms. The molecule has 0 aliphatic rings. The first-order valence-corrected chi connectivity index (χ1v) is 5.88. The average molecular weight is 220 g/mol. The number of unbranched alkanes of at least 4 members (excludes halogenated alkanes) is 2. The minimum atomic E-state index is 0.00196. The Morgan fingerprint density at radius 3 is 2.50 bits per heavy atom. The van der Waals surface area contributed by atoms with Crippen LogP contribution < -0.4 is 5.32 Å². The molecule has 0 fully saturated rings. The fraction of sp³-hybridized carbons (Fsp3) is 0.909. The van der Waals surface area contributed by atoms with E-state index in [1.54, 1.807) is 0 Å². The lowest BCUT2D eigenvalue weighted by atomic mass is 9.96. The summed E-state index contributed by atoms with van der Waals surface area (Å²) in [5.41, 5.74) is 0.00196. The average Bonchev–Trinajstić information content (AvgIpc) is 2.16. The zero-order chi connectivity index (χ0) is 11.0. The Bertz CT molecular complexity index is 169. The van der Waals surface area contributed by atoms with Gasteiger partial charge in [-0.1, -0.05) is 33.6 Å². The van der Waals surface area contributed by atoms with Crippen LogP contribution in [0.3, 0.4) is 0 Å². The fourth-order valence-electron chi connectivity index (χ4n) is 1.01. The second kappa shape index (κ2) is 7.10. The van der Waals surface area contributed by atoms with Crippen LogP contribution in [0.5, 0.6) is 0 Å². The molecule has 0 saturated carbocycles. The molecule has 0 unspecified atom stereocenters. The molecule has 0 atom stereocenters. The quantitative estimate of drug-likeness (QED) is 0.518. The second-order valence-corrected chi connectivity index (χ2v) is 4.80. The van der Waals surface area contributed by atoms with Gasteiger partial charge in [-0.3, -0.25) is 4.79 Å². The summed E-state index contributed by atoms with van der Waals surface area (Å²) in [6.45, 7) is 6.90. The summed E-state index contributed by atoms with van der Waals surface area (Å²) in [5.74, 6) is 0.721. The lowest BCUT2D eigenvalue weighted by Gasteiger charge is -2.21. The van der Waals surface area contributed by atoms with Crippen molar-refractivity contribution in [2.45, 2.75) is 46.5 Å². The van der Waals surface area contributed by atoms with Crippen LogP contribution in [0.2, 0.25) is 0 Å². The van der Waals surface area contributed by atoms with Crippen molar-refractivity contribution in [3.63, 3.8) is 0 Å². The predicted molar refractivity (Wildman–Crippen MR) is 61.7 cm³/mol. The number of rotatable bonds is 7. The number of carbonyl (C=O) groups is 1. The third kappa shape index (κ3) is 7.19. The maximum Gasteiger partial charge on any atom is 0.220 e. The van der Waals surface area contributed by atoms with Crippen LogP contribution in [-0.4, -0.2) is 18.3 Å². The molecule has 14 heavy (non-hydrogen) atoms. The molecule has 0 aromatic rings. The van der Waals surface area contributed by atoms with E-state index in [1.165, 1.54) is 0 Å². The van der Waals surface area contributed by atoms with E-state index < -0.39 is 0 Å². The van der Waals surface area contributed by atoms with Crippen molar-refractivity contribution in [1.29, 1.82) is 0 Å². The minimum Gasteiger partial charge on any atom is -0.356 e. The molecule has 84 valence electrons. The summed E-state index contributed by atoms with van der Waals surface area (Å²) in [4.78, 5) is 11.3. The normalized spacial score (nSPS) is 11.4. The van der Waals surface area contributed by atoms with Gasteiger partial charge in [-0.2, -0.15) is 0 Å². The Hall–Kier alpha value is -0.240. The highest BCUT2D eigenvalue weighted by Gasteiger charge is 2.16. The van der Waals surface area contributed by atoms with Crippen molar-refractivity contribution >= 4 is 17.5 Å². The summed E-state index contributed by atoms with van der Waals surface area (Å²) < 4.78 is 0. The third-order valence-corrected chi connectivity index (χ3v) is 2.86. The van der Waals surface area contributed by atoms with E-state index in [9.17, 15) is 4.79 Å². The van der Waals surface area contributed by atoms with Gasteiger partial charge in [0.2, 0.25) is 5.91 Å². The maximum absolute atomic E-state index is 11.3. The number of amides is 1. The Balaban J connectivity index is 3.53. The van der Waals surface area contributed by atoms with Crippen molar-refractivity contribution in [2.24, 2.45) is 5.41 Å². The second-order valence-electron chi connectivity index (χ2n) is 4.53. The van der Waals surface area contributed by atoms with Crippen LogP contribution >= 0.6 is 11.6 Å². The molecule has 2 nitrogen and oxygen atoms in total. The van der Waals surface area contributed by atoms with Crippen molar-refractivity contribution in [3.05, 3.63) is 0 Å². The highest BCUT2D eigenvalue weighted by Crippen LogP contribution is 2.15. The number of alkyl halides is 1. The monoisotopic (exact) mass is 219 g/mol. The Morgan fingerprint density at radius 1 is 1.36 bits per heavy atom. The van der Waals surface area contributed by atoms with Gasteiger partial charge < -0.3 is 5.32 Å². The van der Waals surface area contributed by atoms with Gasteiger partial charge in [0.25, 0.3) is 0 Å². The molecule has 0 aromatic heterocycles. The van der Waals surface area contributed by atoms with Crippen LogP contribution in [0.4, 0.5) is 0 Å². The molecule has 0 saturated heterocycles. The molecule has 0 rings (SSSR count). The number of nitrogens with one attached hydrogen (secondary N) is 1. The molecule has 0 radical (unpaired) electrons. The zero-order valence-corrected chi connectivity index (χ0v) is 10.3. The van der Waals surface area contributed by atoms with E-state index in [0.29, 0.717) is 18.8 Å². The zero-order valence-electron chi connectivity index (χ0n) is 9.53. The molecular weight excluding hydrogens is 198 g/mol. The molecule has 1 amide bonds. The lowest BCUT2D eigenvalue weighted by molar-refractivity contribution is -0.121. The van der Waals surface area contributed by atoms with Gasteiger partial charge >= 0.3 is 0 Å². The number of hydrogen-bond acceptors (Lipinski definition) is 1. The van der Waals surface area contributed by atoms with E-state index in [1.807, 2.05) is 13.8 Å². The van der Waals surface area contributed by atoms with Gasteiger partial charge in [-0.05, 0) is 11.8 Å². The summed E-state index contributed by atoms with van der Waals surface area (Å²) in [5, 5.41) is 2.91. The Kier molecular flexibility index (Phi) is 6.98. The minimum absolute atomic E-state index is 0.00196. The highest BCUT2D eigenvalue weighted by atomic mass is 35.5. The largest absolute Gasteiger partial charge is 0.356 e. The van der Waals surface area contributed by atoms with E-state index in [4.69, 9.17) is 11.6 Å². The van der Waals surface area contributed by atoms with Crippen molar-refractivity contribution in [2.75, 3.05) is 12.4 Å². The van der Waals surface area contributed by atoms with Gasteiger partial charge in [-0.15, -0.1) is 11.6 Å². The first kappa shape index (κ1) is 13.8. The van der Waals surface area contributed by atoms with Gasteiger partial charge in [-0.25, -0.2) is 0 Å². The molecule has 0 bridgehead atoms. The van der Waals surface area contributed by atoms with Crippen molar-refractivity contribution in [1.82, 2.24) is 5.32 Å². The van der Waals surface area contributed by atoms with Crippen LogP contribution in [0.15, 0.2) is 0 Å². The topological polar surface area (TPSA) is 29.1 Å². The molecule has 3 heteroatoms. The molecule has 0 aliphatic carbocycles. The van der Waals surface area contributed by atoms with Crippen LogP contribution in [0.25, 0.3) is 0 Å². The fourth-order valence-corrected chi connectivity index (χ4v) is 1.10. The highest BCUT2D eigenvalue weighted by molar-refractivity contribution is 6.18. The first-order valence-electron chi connectivity index (χ1n) is 5.34. The summed E-state index contributed by atoms with van der Waals surface area (Å²) >= 11 is 5.75. The van der Waals surface area contributed by atoms with Crippen LogP contribution in [-0.2, 0) is 4.79 Å². The molecule has 0 aromatic carbocycles. The summed E-state index contributed by atoms with van der Waals surface area (Å²) in [6, 6.07) is 0. The standard InChI is InChI=1S/C11H22ClNO/c1-4-5-6-7-10(14)13-9-11(2,3)8-12/h4-9H2,1-3H3,(H,13,14). The SMILES string of the molecule is CCCCCC(=O)NCC(C)(C)CCl. The number of halogens is 1. The van der Waals surface area contributed by atoms with Gasteiger partial charge in [0, 0.05) is 18.8 Å². The maximum atomic E-state index is 11.3. The first-order chi connectivity index (χ1) is 6.52. The van der Waals surface area contributed by atoms with Gasteiger partial charge in [0.1, 0.15) is 0 Å². The van der Waals surface area contributed by atoms with Gasteiger partial charge in [0.15, 0.2) is 0 Å². The summed E-state index contributed by atoms with van der Waals surface area (Å²) in [7, 11) is 0. The predicted octanol–water partition coefficient (Wildman–Crippen LogP) is 2.95. The van der Waals surface area contributed by atoms with Crippen LogP contribution in [0.1, 0.15) is 46.5 Å². The molecule has 1 N–H and O–H groups in total. The van der Waals surface area contributed by atoms with E-state index >= 15 is 0 Å². The molecule has 0 aliphatic heterocycles. The Labute approximate surface area is 92.4 Å².